The van der Waals surface area contributed by atoms with Gasteiger partial charge >= 0.3 is 0 Å². The maximum absolute atomic E-state index is 12.1. The first kappa shape index (κ1) is 19.7. The number of para-hydroxylation sites is 2. The van der Waals surface area contributed by atoms with Gasteiger partial charge in [0.1, 0.15) is 5.82 Å². The van der Waals surface area contributed by atoms with Gasteiger partial charge in [0.15, 0.2) is 0 Å². The molecule has 2 heterocycles. The maximum Gasteiger partial charge on any atom is 0.224 e. The molecule has 23 heavy (non-hydrogen) atoms. The van der Waals surface area contributed by atoms with Crippen molar-refractivity contribution >= 4 is 41.8 Å². The third kappa shape index (κ3) is 4.59. The van der Waals surface area contributed by atoms with Gasteiger partial charge in [0.2, 0.25) is 5.91 Å². The first-order valence-electron chi connectivity index (χ1n) is 7.66. The van der Waals surface area contributed by atoms with Gasteiger partial charge in [-0.2, -0.15) is 0 Å². The number of carbonyl (C=O) groups is 1. The van der Waals surface area contributed by atoms with Crippen molar-refractivity contribution in [2.75, 3.05) is 19.6 Å². The molecule has 1 aliphatic heterocycles. The molecule has 1 atom stereocenters. The summed E-state index contributed by atoms with van der Waals surface area (Å²) in [6.07, 6.45) is 2.08. The van der Waals surface area contributed by atoms with E-state index in [0.29, 0.717) is 6.54 Å². The van der Waals surface area contributed by atoms with Gasteiger partial charge in [0, 0.05) is 19.6 Å². The molecule has 1 aromatic carbocycles. The van der Waals surface area contributed by atoms with Crippen LogP contribution in [-0.4, -0.2) is 35.1 Å². The van der Waals surface area contributed by atoms with Crippen LogP contribution in [0.1, 0.15) is 18.7 Å². The number of rotatable bonds is 4. The van der Waals surface area contributed by atoms with Gasteiger partial charge in [0.05, 0.1) is 17.0 Å². The van der Waals surface area contributed by atoms with Crippen molar-refractivity contribution in [3.05, 3.63) is 30.1 Å². The minimum Gasteiger partial charge on any atom is -0.354 e. The normalized spacial score (nSPS) is 17.2. The lowest BCUT2D eigenvalue weighted by Crippen LogP contribution is -2.41. The lowest BCUT2D eigenvalue weighted by molar-refractivity contribution is -0.125. The molecule has 0 spiro atoms. The Bertz CT molecular complexity index is 638. The number of halogens is 2. The van der Waals surface area contributed by atoms with Crippen molar-refractivity contribution in [3.8, 4) is 0 Å². The molecule has 1 saturated heterocycles. The molecule has 0 unspecified atom stereocenters. The smallest absolute Gasteiger partial charge is 0.224 e. The average molecular weight is 359 g/mol. The van der Waals surface area contributed by atoms with Crippen molar-refractivity contribution in [1.82, 2.24) is 20.2 Å². The summed E-state index contributed by atoms with van der Waals surface area (Å²) in [5.74, 6) is 1.29. The second kappa shape index (κ2) is 9.11. The summed E-state index contributed by atoms with van der Waals surface area (Å²) in [5, 5.41) is 6.33. The standard InChI is InChI=1S/C16H22N4O.2ClH/c1-12-19-14-6-2-3-7-15(14)20(12)10-9-18-16(21)13-5-4-8-17-11-13;;/h2-3,6-7,13,17H,4-5,8-11H2,1H3,(H,18,21);2*1H/t13-;;/m1../s1. The highest BCUT2D eigenvalue weighted by atomic mass is 35.5. The van der Waals surface area contributed by atoms with Gasteiger partial charge in [-0.25, -0.2) is 4.98 Å². The van der Waals surface area contributed by atoms with Gasteiger partial charge in [-0.3, -0.25) is 4.79 Å². The van der Waals surface area contributed by atoms with Gasteiger partial charge in [0.25, 0.3) is 0 Å². The van der Waals surface area contributed by atoms with E-state index in [1.54, 1.807) is 0 Å². The molecule has 0 bridgehead atoms. The third-order valence-corrected chi connectivity index (χ3v) is 4.15. The fraction of sp³-hybridized carbons (Fsp3) is 0.500. The van der Waals surface area contributed by atoms with Crippen molar-refractivity contribution in [2.24, 2.45) is 5.92 Å². The van der Waals surface area contributed by atoms with E-state index < -0.39 is 0 Å². The Kier molecular flexibility index (Phi) is 7.82. The van der Waals surface area contributed by atoms with Crippen molar-refractivity contribution < 1.29 is 4.79 Å². The lowest BCUT2D eigenvalue weighted by atomic mass is 9.99. The molecule has 1 aliphatic rings. The van der Waals surface area contributed by atoms with E-state index in [2.05, 4.69) is 26.3 Å². The molecule has 3 rings (SSSR count). The molecule has 0 radical (unpaired) electrons. The SMILES string of the molecule is Cc1nc2ccccc2n1CCNC(=O)[C@@H]1CCCNC1.Cl.Cl. The molecule has 0 aliphatic carbocycles. The molecule has 1 aromatic heterocycles. The van der Waals surface area contributed by atoms with E-state index in [1.807, 2.05) is 25.1 Å². The number of hydrogen-bond acceptors (Lipinski definition) is 3. The van der Waals surface area contributed by atoms with Crippen LogP contribution in [0, 0.1) is 12.8 Å². The Morgan fingerprint density at radius 1 is 1.39 bits per heavy atom. The first-order valence-corrected chi connectivity index (χ1v) is 7.66. The van der Waals surface area contributed by atoms with E-state index >= 15 is 0 Å². The molecular weight excluding hydrogens is 335 g/mol. The monoisotopic (exact) mass is 358 g/mol. The molecule has 0 saturated carbocycles. The quantitative estimate of drug-likeness (QED) is 0.881. The van der Waals surface area contributed by atoms with E-state index in [-0.39, 0.29) is 36.6 Å². The van der Waals surface area contributed by atoms with Crippen LogP contribution in [0.4, 0.5) is 0 Å². The van der Waals surface area contributed by atoms with Crippen LogP contribution in [0.3, 0.4) is 0 Å². The Hall–Kier alpha value is -1.30. The summed E-state index contributed by atoms with van der Waals surface area (Å²) < 4.78 is 2.16. The van der Waals surface area contributed by atoms with Crippen molar-refractivity contribution in [1.29, 1.82) is 0 Å². The largest absolute Gasteiger partial charge is 0.354 e. The maximum atomic E-state index is 12.1. The molecule has 5 nitrogen and oxygen atoms in total. The Morgan fingerprint density at radius 2 is 2.17 bits per heavy atom. The molecule has 1 fully saturated rings. The molecule has 2 N–H and O–H groups in total. The van der Waals surface area contributed by atoms with Crippen molar-refractivity contribution in [3.63, 3.8) is 0 Å². The van der Waals surface area contributed by atoms with Crippen LogP contribution in [0.5, 0.6) is 0 Å². The van der Waals surface area contributed by atoms with Crippen LogP contribution in [-0.2, 0) is 11.3 Å². The number of nitrogens with one attached hydrogen (secondary N) is 2. The van der Waals surface area contributed by atoms with Crippen LogP contribution in [0.15, 0.2) is 24.3 Å². The van der Waals surface area contributed by atoms with Crippen LogP contribution in [0.2, 0.25) is 0 Å². The Balaban J connectivity index is 0.00000132. The van der Waals surface area contributed by atoms with E-state index in [4.69, 9.17) is 0 Å². The number of carbonyl (C=O) groups excluding carboxylic acids is 1. The van der Waals surface area contributed by atoms with Crippen molar-refractivity contribution in [2.45, 2.75) is 26.3 Å². The van der Waals surface area contributed by atoms with Gasteiger partial charge < -0.3 is 15.2 Å². The fourth-order valence-corrected chi connectivity index (χ4v) is 2.99. The summed E-state index contributed by atoms with van der Waals surface area (Å²) in [7, 11) is 0. The minimum atomic E-state index is 0. The van der Waals surface area contributed by atoms with Crippen LogP contribution >= 0.6 is 24.8 Å². The van der Waals surface area contributed by atoms with E-state index in [1.165, 1.54) is 0 Å². The number of nitrogens with zero attached hydrogens (tertiary/aromatic N) is 2. The predicted octanol–water partition coefficient (Wildman–Crippen LogP) is 2.30. The highest BCUT2D eigenvalue weighted by Crippen LogP contribution is 2.15. The molecule has 7 heteroatoms. The van der Waals surface area contributed by atoms with Crippen LogP contribution in [0.25, 0.3) is 11.0 Å². The summed E-state index contributed by atoms with van der Waals surface area (Å²) in [6.45, 7) is 5.25. The highest BCUT2D eigenvalue weighted by molar-refractivity contribution is 5.85. The number of amides is 1. The van der Waals surface area contributed by atoms with Gasteiger partial charge in [-0.05, 0) is 38.4 Å². The number of hydrogen-bond donors (Lipinski definition) is 2. The minimum absolute atomic E-state index is 0. The first-order chi connectivity index (χ1) is 10.3. The highest BCUT2D eigenvalue weighted by Gasteiger charge is 2.20. The molecule has 128 valence electrons. The lowest BCUT2D eigenvalue weighted by Gasteiger charge is -2.22. The van der Waals surface area contributed by atoms with Crippen LogP contribution < -0.4 is 10.6 Å². The zero-order valence-electron chi connectivity index (χ0n) is 13.2. The number of fused-ring (bicyclic) bond motifs is 1. The second-order valence-corrected chi connectivity index (χ2v) is 5.63. The number of benzene rings is 1. The van der Waals surface area contributed by atoms with E-state index in [0.717, 1.165) is 49.3 Å². The molecule has 2 aromatic rings. The summed E-state index contributed by atoms with van der Waals surface area (Å²) in [4.78, 5) is 16.6. The number of aromatic nitrogens is 2. The summed E-state index contributed by atoms with van der Waals surface area (Å²) >= 11 is 0. The third-order valence-electron chi connectivity index (χ3n) is 4.15. The number of piperidine rings is 1. The zero-order valence-corrected chi connectivity index (χ0v) is 14.9. The molecular formula is C16H24Cl2N4O. The number of aryl methyl sites for hydroxylation is 1. The summed E-state index contributed by atoms with van der Waals surface area (Å²) in [6, 6.07) is 8.11. The second-order valence-electron chi connectivity index (χ2n) is 5.63. The van der Waals surface area contributed by atoms with Gasteiger partial charge in [-0.15, -0.1) is 24.8 Å². The Morgan fingerprint density at radius 3 is 2.91 bits per heavy atom. The molecule has 1 amide bonds. The topological polar surface area (TPSA) is 59.0 Å². The summed E-state index contributed by atoms with van der Waals surface area (Å²) in [5.41, 5.74) is 2.14. The zero-order chi connectivity index (χ0) is 14.7. The average Bonchev–Trinajstić information content (AvgIpc) is 2.84. The van der Waals surface area contributed by atoms with Gasteiger partial charge in [-0.1, -0.05) is 12.1 Å². The predicted molar refractivity (Wildman–Crippen MR) is 97.6 cm³/mol. The van der Waals surface area contributed by atoms with E-state index in [9.17, 15) is 4.79 Å². The fourth-order valence-electron chi connectivity index (χ4n) is 2.99. The Labute approximate surface area is 149 Å². The number of imidazole rings is 1.